The lowest BCUT2D eigenvalue weighted by atomic mass is 10.1. The first-order valence-electron chi connectivity index (χ1n) is 9.17. The van der Waals surface area contributed by atoms with Crippen molar-refractivity contribution >= 4 is 17.6 Å². The van der Waals surface area contributed by atoms with Crippen LogP contribution >= 0.6 is 0 Å². The minimum atomic E-state index is -0.583. The van der Waals surface area contributed by atoms with E-state index in [-0.39, 0.29) is 18.2 Å². The predicted molar refractivity (Wildman–Crippen MR) is 102 cm³/mol. The molecule has 1 aliphatic heterocycles. The van der Waals surface area contributed by atoms with E-state index in [1.54, 1.807) is 47.7 Å². The number of aryl methyl sites for hydroxylation is 1. The van der Waals surface area contributed by atoms with Gasteiger partial charge in [-0.05, 0) is 31.5 Å². The van der Waals surface area contributed by atoms with Crippen LogP contribution in [0.15, 0.2) is 24.3 Å². The maximum atomic E-state index is 12.2. The lowest BCUT2D eigenvalue weighted by molar-refractivity contribution is -0.386. The lowest BCUT2D eigenvalue weighted by Crippen LogP contribution is -2.42. The molecule has 2 heterocycles. The first-order valence-corrected chi connectivity index (χ1v) is 9.17. The molecule has 0 bridgehead atoms. The van der Waals surface area contributed by atoms with Gasteiger partial charge in [-0.2, -0.15) is 5.10 Å². The fraction of sp³-hybridized carbons (Fsp3) is 0.421. The summed E-state index contributed by atoms with van der Waals surface area (Å²) in [6.07, 6.45) is 0. The number of ether oxygens (including phenoxy) is 2. The summed E-state index contributed by atoms with van der Waals surface area (Å²) >= 11 is 0. The van der Waals surface area contributed by atoms with Gasteiger partial charge in [-0.3, -0.25) is 19.6 Å². The van der Waals surface area contributed by atoms with Crippen molar-refractivity contribution < 1.29 is 24.0 Å². The monoisotopic (exact) mass is 402 g/mol. The summed E-state index contributed by atoms with van der Waals surface area (Å²) < 4.78 is 11.8. The van der Waals surface area contributed by atoms with Crippen LogP contribution in [0.2, 0.25) is 0 Å². The molecular formula is C19H22N4O6. The molecule has 10 nitrogen and oxygen atoms in total. The van der Waals surface area contributed by atoms with Gasteiger partial charge in [0.1, 0.15) is 11.4 Å². The number of nitro groups is 1. The molecule has 3 rings (SSSR count). The van der Waals surface area contributed by atoms with Crippen molar-refractivity contribution in [2.24, 2.45) is 0 Å². The highest BCUT2D eigenvalue weighted by molar-refractivity contribution is 5.91. The molecule has 0 radical (unpaired) electrons. The van der Waals surface area contributed by atoms with Crippen molar-refractivity contribution in [1.82, 2.24) is 14.7 Å². The van der Waals surface area contributed by atoms with Crippen LogP contribution in [0.3, 0.4) is 0 Å². The summed E-state index contributed by atoms with van der Waals surface area (Å²) in [5, 5.41) is 15.3. The minimum Gasteiger partial charge on any atom is -0.452 e. The molecule has 1 saturated heterocycles. The van der Waals surface area contributed by atoms with E-state index in [9.17, 15) is 19.7 Å². The van der Waals surface area contributed by atoms with Gasteiger partial charge in [0.05, 0.1) is 30.2 Å². The molecule has 0 N–H and O–H groups in total. The first-order chi connectivity index (χ1) is 13.9. The Balaban J connectivity index is 1.58. The number of hydrogen-bond donors (Lipinski definition) is 0. The Kier molecular flexibility index (Phi) is 6.23. The Morgan fingerprint density at radius 2 is 1.86 bits per heavy atom. The Morgan fingerprint density at radius 3 is 2.45 bits per heavy atom. The average molecular weight is 402 g/mol. The Bertz CT molecular complexity index is 916. The standard InChI is InChI=1S/C19H22N4O6/c1-13-18(23(26)27)14(2)22(20-13)11-15-3-5-16(6-4-15)19(25)29-12-17(24)21-7-9-28-10-8-21/h3-6H,7-12H2,1-2H3. The van der Waals surface area contributed by atoms with E-state index in [1.165, 1.54) is 0 Å². The molecule has 1 aliphatic rings. The number of benzene rings is 1. The zero-order valence-electron chi connectivity index (χ0n) is 16.3. The quantitative estimate of drug-likeness (QED) is 0.408. The van der Waals surface area contributed by atoms with Gasteiger partial charge in [-0.1, -0.05) is 12.1 Å². The van der Waals surface area contributed by atoms with Gasteiger partial charge in [0.2, 0.25) is 0 Å². The van der Waals surface area contributed by atoms with Crippen LogP contribution in [-0.2, 0) is 20.8 Å². The van der Waals surface area contributed by atoms with E-state index in [2.05, 4.69) is 5.10 Å². The summed E-state index contributed by atoms with van der Waals surface area (Å²) in [7, 11) is 0. The molecule has 0 atom stereocenters. The zero-order chi connectivity index (χ0) is 21.0. The summed E-state index contributed by atoms with van der Waals surface area (Å²) in [6, 6.07) is 6.64. The molecule has 1 fully saturated rings. The molecule has 2 aromatic rings. The molecule has 0 spiro atoms. The van der Waals surface area contributed by atoms with Gasteiger partial charge >= 0.3 is 11.7 Å². The van der Waals surface area contributed by atoms with Gasteiger partial charge in [-0.25, -0.2) is 4.79 Å². The molecule has 0 aliphatic carbocycles. The third-order valence-corrected chi connectivity index (χ3v) is 4.74. The second-order valence-corrected chi connectivity index (χ2v) is 6.70. The van der Waals surface area contributed by atoms with E-state index in [4.69, 9.17) is 9.47 Å². The van der Waals surface area contributed by atoms with E-state index in [0.717, 1.165) is 5.56 Å². The molecule has 29 heavy (non-hydrogen) atoms. The van der Waals surface area contributed by atoms with Crippen molar-refractivity contribution in [1.29, 1.82) is 0 Å². The molecule has 1 aromatic carbocycles. The molecule has 0 unspecified atom stereocenters. The van der Waals surface area contributed by atoms with Crippen LogP contribution < -0.4 is 0 Å². The highest BCUT2D eigenvalue weighted by atomic mass is 16.6. The number of carbonyl (C=O) groups is 2. The van der Waals surface area contributed by atoms with Crippen molar-refractivity contribution in [3.63, 3.8) is 0 Å². The number of nitrogens with zero attached hydrogens (tertiary/aromatic N) is 4. The van der Waals surface area contributed by atoms with Crippen LogP contribution in [0.25, 0.3) is 0 Å². The molecule has 10 heteroatoms. The van der Waals surface area contributed by atoms with Crippen LogP contribution in [-0.4, -0.2) is 64.4 Å². The summed E-state index contributed by atoms with van der Waals surface area (Å²) in [5.41, 5.74) is 1.99. The van der Waals surface area contributed by atoms with Crippen molar-refractivity contribution in [2.75, 3.05) is 32.9 Å². The SMILES string of the molecule is Cc1nn(Cc2ccc(C(=O)OCC(=O)N3CCOCC3)cc2)c(C)c1[N+](=O)[O-]. The second kappa shape index (κ2) is 8.82. The fourth-order valence-electron chi connectivity index (χ4n) is 3.14. The van der Waals surface area contributed by atoms with Crippen LogP contribution in [0.4, 0.5) is 5.69 Å². The average Bonchev–Trinajstić information content (AvgIpc) is 3.00. The minimum absolute atomic E-state index is 0.00938. The number of morpholine rings is 1. The number of rotatable bonds is 6. The number of carbonyl (C=O) groups excluding carboxylic acids is 2. The van der Waals surface area contributed by atoms with Crippen LogP contribution in [0.5, 0.6) is 0 Å². The third kappa shape index (κ3) is 4.77. The summed E-state index contributed by atoms with van der Waals surface area (Å²) in [4.78, 5) is 36.5. The maximum Gasteiger partial charge on any atom is 0.338 e. The van der Waals surface area contributed by atoms with E-state index < -0.39 is 10.9 Å². The van der Waals surface area contributed by atoms with E-state index in [1.807, 2.05) is 0 Å². The summed E-state index contributed by atoms with van der Waals surface area (Å²) in [6.45, 7) is 5.24. The molecule has 1 aromatic heterocycles. The first kappa shape index (κ1) is 20.5. The van der Waals surface area contributed by atoms with Crippen LogP contribution in [0, 0.1) is 24.0 Å². The maximum absolute atomic E-state index is 12.2. The van der Waals surface area contributed by atoms with Gasteiger partial charge in [0, 0.05) is 13.1 Å². The topological polar surface area (TPSA) is 117 Å². The number of amides is 1. The Labute approximate surface area is 167 Å². The summed E-state index contributed by atoms with van der Waals surface area (Å²) in [5.74, 6) is -0.829. The van der Waals surface area contributed by atoms with Crippen molar-refractivity contribution in [3.05, 3.63) is 56.9 Å². The fourth-order valence-corrected chi connectivity index (χ4v) is 3.14. The largest absolute Gasteiger partial charge is 0.452 e. The molecular weight excluding hydrogens is 380 g/mol. The van der Waals surface area contributed by atoms with E-state index in [0.29, 0.717) is 49.8 Å². The van der Waals surface area contributed by atoms with Crippen LogP contribution in [0.1, 0.15) is 27.3 Å². The Morgan fingerprint density at radius 1 is 1.21 bits per heavy atom. The van der Waals surface area contributed by atoms with Gasteiger partial charge < -0.3 is 14.4 Å². The second-order valence-electron chi connectivity index (χ2n) is 6.70. The van der Waals surface area contributed by atoms with Gasteiger partial charge in [-0.15, -0.1) is 0 Å². The lowest BCUT2D eigenvalue weighted by Gasteiger charge is -2.26. The zero-order valence-corrected chi connectivity index (χ0v) is 16.3. The highest BCUT2D eigenvalue weighted by Crippen LogP contribution is 2.22. The number of esters is 1. The predicted octanol–water partition coefficient (Wildman–Crippen LogP) is 1.47. The molecule has 0 saturated carbocycles. The smallest absolute Gasteiger partial charge is 0.338 e. The third-order valence-electron chi connectivity index (χ3n) is 4.74. The highest BCUT2D eigenvalue weighted by Gasteiger charge is 2.22. The van der Waals surface area contributed by atoms with Gasteiger partial charge in [0.25, 0.3) is 5.91 Å². The van der Waals surface area contributed by atoms with Crippen molar-refractivity contribution in [3.8, 4) is 0 Å². The van der Waals surface area contributed by atoms with Crippen molar-refractivity contribution in [2.45, 2.75) is 20.4 Å². The van der Waals surface area contributed by atoms with E-state index >= 15 is 0 Å². The van der Waals surface area contributed by atoms with Gasteiger partial charge in [0.15, 0.2) is 6.61 Å². The normalized spacial score (nSPS) is 13.9. The number of hydrogen-bond acceptors (Lipinski definition) is 7. The Hall–Kier alpha value is -3.27. The molecule has 1 amide bonds. The molecule has 154 valence electrons. The number of aromatic nitrogens is 2.